The molecule has 2 aromatic rings. The summed E-state index contributed by atoms with van der Waals surface area (Å²) in [7, 11) is 1.76. The molecule has 29 heavy (non-hydrogen) atoms. The number of likely N-dealkylation sites (tertiary alicyclic amines) is 1. The number of carbonyl (C=O) groups excluding carboxylic acids is 2. The lowest BCUT2D eigenvalue weighted by molar-refractivity contribution is -0.122. The Morgan fingerprint density at radius 2 is 2.10 bits per heavy atom. The van der Waals surface area contributed by atoms with Crippen LogP contribution in [0.3, 0.4) is 0 Å². The second kappa shape index (κ2) is 7.59. The van der Waals surface area contributed by atoms with E-state index in [0.717, 1.165) is 11.3 Å². The van der Waals surface area contributed by atoms with Gasteiger partial charge in [-0.3, -0.25) is 19.2 Å². The second-order valence-electron chi connectivity index (χ2n) is 8.19. The van der Waals surface area contributed by atoms with E-state index in [-0.39, 0.29) is 17.6 Å². The van der Waals surface area contributed by atoms with Gasteiger partial charge in [0, 0.05) is 46.2 Å². The third-order valence-corrected chi connectivity index (χ3v) is 5.74. The maximum Gasteiger partial charge on any atom is 0.272 e. The highest BCUT2D eigenvalue weighted by Crippen LogP contribution is 2.27. The predicted octanol–water partition coefficient (Wildman–Crippen LogP) is 1.47. The standard InChI is InChI=1S/C21H26FN5O2/c1-15-10-18(25(2)24-15)20(29)27-9-7-21(14-27)13-26(8-6-19(28)23-21)12-16-4-3-5-17(22)11-16/h3-5,10-11H,6-9,12-14H2,1-2H3,(H,23,28). The molecule has 1 atom stereocenters. The number of hydrogen-bond acceptors (Lipinski definition) is 4. The SMILES string of the molecule is Cc1cc(C(=O)N2CCC3(CN(Cc4cccc(F)c4)CCC(=O)N3)C2)n(C)n1. The molecule has 8 heteroatoms. The minimum absolute atomic E-state index is 0.00239. The van der Waals surface area contributed by atoms with Gasteiger partial charge < -0.3 is 10.2 Å². The third-order valence-electron chi connectivity index (χ3n) is 5.74. The Morgan fingerprint density at radius 3 is 2.83 bits per heavy atom. The fourth-order valence-corrected chi connectivity index (χ4v) is 4.44. The zero-order chi connectivity index (χ0) is 20.6. The van der Waals surface area contributed by atoms with Gasteiger partial charge in [-0.15, -0.1) is 0 Å². The van der Waals surface area contributed by atoms with Crippen molar-refractivity contribution in [2.24, 2.45) is 7.05 Å². The molecule has 0 radical (unpaired) electrons. The molecule has 4 rings (SSSR count). The number of rotatable bonds is 3. The largest absolute Gasteiger partial charge is 0.347 e. The van der Waals surface area contributed by atoms with E-state index < -0.39 is 5.54 Å². The first kappa shape index (κ1) is 19.6. The third kappa shape index (κ3) is 4.17. The Kier molecular flexibility index (Phi) is 5.12. The fraction of sp³-hybridized carbons (Fsp3) is 0.476. The lowest BCUT2D eigenvalue weighted by Crippen LogP contribution is -2.55. The van der Waals surface area contributed by atoms with Gasteiger partial charge in [0.15, 0.2) is 0 Å². The molecule has 1 aromatic heterocycles. The van der Waals surface area contributed by atoms with Crippen molar-refractivity contribution in [3.8, 4) is 0 Å². The summed E-state index contributed by atoms with van der Waals surface area (Å²) >= 11 is 0. The number of carbonyl (C=O) groups is 2. The molecule has 2 aliphatic heterocycles. The Morgan fingerprint density at radius 1 is 1.28 bits per heavy atom. The molecule has 0 aliphatic carbocycles. The van der Waals surface area contributed by atoms with Gasteiger partial charge in [0.25, 0.3) is 5.91 Å². The van der Waals surface area contributed by atoms with Gasteiger partial charge in [-0.05, 0) is 37.1 Å². The van der Waals surface area contributed by atoms with Gasteiger partial charge in [0.1, 0.15) is 11.5 Å². The van der Waals surface area contributed by atoms with Crippen molar-refractivity contribution in [2.75, 3.05) is 26.2 Å². The zero-order valence-electron chi connectivity index (χ0n) is 16.8. The number of halogens is 1. The quantitative estimate of drug-likeness (QED) is 0.849. The molecule has 2 aliphatic rings. The van der Waals surface area contributed by atoms with Gasteiger partial charge in [-0.2, -0.15) is 5.10 Å². The van der Waals surface area contributed by atoms with Crippen molar-refractivity contribution in [1.82, 2.24) is 24.9 Å². The molecule has 1 aromatic carbocycles. The molecule has 2 saturated heterocycles. The monoisotopic (exact) mass is 399 g/mol. The highest BCUT2D eigenvalue weighted by molar-refractivity contribution is 5.93. The van der Waals surface area contributed by atoms with Crippen molar-refractivity contribution in [1.29, 1.82) is 0 Å². The summed E-state index contributed by atoms with van der Waals surface area (Å²) in [6, 6.07) is 8.34. The highest BCUT2D eigenvalue weighted by atomic mass is 19.1. The molecular weight excluding hydrogens is 373 g/mol. The number of benzene rings is 1. The van der Waals surface area contributed by atoms with Crippen molar-refractivity contribution in [3.05, 3.63) is 53.1 Å². The molecule has 154 valence electrons. The summed E-state index contributed by atoms with van der Waals surface area (Å²) in [5.41, 5.74) is 1.75. The van der Waals surface area contributed by atoms with E-state index in [1.54, 1.807) is 28.8 Å². The van der Waals surface area contributed by atoms with Crippen molar-refractivity contribution in [2.45, 2.75) is 31.8 Å². The van der Waals surface area contributed by atoms with Crippen LogP contribution in [0.1, 0.15) is 34.6 Å². The molecule has 2 fully saturated rings. The van der Waals surface area contributed by atoms with E-state index in [1.807, 2.05) is 13.0 Å². The number of amides is 2. The summed E-state index contributed by atoms with van der Waals surface area (Å²) in [6.45, 7) is 4.71. The van der Waals surface area contributed by atoms with Crippen molar-refractivity contribution < 1.29 is 14.0 Å². The lowest BCUT2D eigenvalue weighted by Gasteiger charge is -2.33. The van der Waals surface area contributed by atoms with Crippen LogP contribution in [0.25, 0.3) is 0 Å². The minimum Gasteiger partial charge on any atom is -0.347 e. The first-order chi connectivity index (χ1) is 13.8. The normalized spacial score (nSPS) is 22.7. The Balaban J connectivity index is 1.50. The summed E-state index contributed by atoms with van der Waals surface area (Å²) in [5, 5.41) is 7.43. The van der Waals surface area contributed by atoms with Crippen LogP contribution in [0.2, 0.25) is 0 Å². The molecule has 0 saturated carbocycles. The topological polar surface area (TPSA) is 70.5 Å². The van der Waals surface area contributed by atoms with Crippen molar-refractivity contribution in [3.63, 3.8) is 0 Å². The maximum atomic E-state index is 13.6. The van der Waals surface area contributed by atoms with Crippen LogP contribution in [0.15, 0.2) is 30.3 Å². The van der Waals surface area contributed by atoms with Gasteiger partial charge in [0.2, 0.25) is 5.91 Å². The van der Waals surface area contributed by atoms with E-state index in [0.29, 0.717) is 51.3 Å². The first-order valence-electron chi connectivity index (χ1n) is 9.91. The molecule has 3 heterocycles. The summed E-state index contributed by atoms with van der Waals surface area (Å²) in [4.78, 5) is 29.3. The average Bonchev–Trinajstić information content (AvgIpc) is 3.17. The van der Waals surface area contributed by atoms with Crippen LogP contribution in [-0.4, -0.2) is 63.1 Å². The van der Waals surface area contributed by atoms with E-state index in [1.165, 1.54) is 12.1 Å². The molecule has 1 unspecified atom stereocenters. The van der Waals surface area contributed by atoms with Crippen LogP contribution in [0.4, 0.5) is 4.39 Å². The van der Waals surface area contributed by atoms with Gasteiger partial charge in [-0.25, -0.2) is 4.39 Å². The smallest absolute Gasteiger partial charge is 0.272 e. The number of nitrogens with one attached hydrogen (secondary N) is 1. The highest BCUT2D eigenvalue weighted by Gasteiger charge is 2.44. The van der Waals surface area contributed by atoms with Crippen LogP contribution in [0, 0.1) is 12.7 Å². The Bertz CT molecular complexity index is 943. The zero-order valence-corrected chi connectivity index (χ0v) is 16.8. The Labute approximate surface area is 169 Å². The predicted molar refractivity (Wildman–Crippen MR) is 106 cm³/mol. The molecular formula is C21H26FN5O2. The minimum atomic E-state index is -0.482. The van der Waals surface area contributed by atoms with Gasteiger partial charge in [-0.1, -0.05) is 12.1 Å². The summed E-state index contributed by atoms with van der Waals surface area (Å²) in [6.07, 6.45) is 1.09. The second-order valence-corrected chi connectivity index (χ2v) is 8.19. The summed E-state index contributed by atoms with van der Waals surface area (Å²) in [5.74, 6) is -0.331. The molecule has 0 bridgehead atoms. The van der Waals surface area contributed by atoms with E-state index in [9.17, 15) is 14.0 Å². The lowest BCUT2D eigenvalue weighted by atomic mass is 9.97. The van der Waals surface area contributed by atoms with Crippen LogP contribution in [0.5, 0.6) is 0 Å². The first-order valence-corrected chi connectivity index (χ1v) is 9.91. The summed E-state index contributed by atoms with van der Waals surface area (Å²) < 4.78 is 15.2. The maximum absolute atomic E-state index is 13.6. The fourth-order valence-electron chi connectivity index (χ4n) is 4.44. The van der Waals surface area contributed by atoms with Crippen LogP contribution < -0.4 is 5.32 Å². The molecule has 2 amide bonds. The molecule has 7 nitrogen and oxygen atoms in total. The van der Waals surface area contributed by atoms with Gasteiger partial charge in [0.05, 0.1) is 11.2 Å². The van der Waals surface area contributed by atoms with E-state index in [2.05, 4.69) is 15.3 Å². The van der Waals surface area contributed by atoms with E-state index >= 15 is 0 Å². The number of aryl methyl sites for hydroxylation is 2. The Hall–Kier alpha value is -2.74. The molecule has 1 N–H and O–H groups in total. The molecule has 1 spiro atoms. The number of hydrogen-bond donors (Lipinski definition) is 1. The van der Waals surface area contributed by atoms with Crippen LogP contribution >= 0.6 is 0 Å². The van der Waals surface area contributed by atoms with E-state index in [4.69, 9.17) is 0 Å². The number of aromatic nitrogens is 2. The average molecular weight is 399 g/mol. The van der Waals surface area contributed by atoms with Gasteiger partial charge >= 0.3 is 0 Å². The van der Waals surface area contributed by atoms with Crippen molar-refractivity contribution >= 4 is 11.8 Å². The number of nitrogens with zero attached hydrogens (tertiary/aromatic N) is 4. The van der Waals surface area contributed by atoms with Crippen LogP contribution in [-0.2, 0) is 18.4 Å².